The van der Waals surface area contributed by atoms with Crippen LogP contribution in [0, 0.1) is 0 Å². The molecule has 0 saturated carbocycles. The fourth-order valence-corrected chi connectivity index (χ4v) is 3.35. The van der Waals surface area contributed by atoms with Crippen LogP contribution in [0.5, 0.6) is 0 Å². The molecule has 0 unspecified atom stereocenters. The number of benzene rings is 2. The number of anilines is 1. The minimum absolute atomic E-state index is 0.0180. The molecule has 1 heterocycles. The summed E-state index contributed by atoms with van der Waals surface area (Å²) in [6.45, 7) is 5.00. The van der Waals surface area contributed by atoms with Crippen molar-refractivity contribution < 1.29 is 9.59 Å². The number of carbonyl (C=O) groups is 2. The van der Waals surface area contributed by atoms with E-state index in [9.17, 15) is 9.59 Å². The normalized spacial score (nSPS) is 13.6. The third-order valence-electron chi connectivity index (χ3n) is 4.98. The summed E-state index contributed by atoms with van der Waals surface area (Å²) in [5, 5.41) is 3.99. The van der Waals surface area contributed by atoms with Gasteiger partial charge in [-0.15, -0.1) is 0 Å². The topological polar surface area (TPSA) is 61.8 Å². The molecule has 0 atom stereocenters. The molecule has 1 aliphatic heterocycles. The van der Waals surface area contributed by atoms with Gasteiger partial charge >= 0.3 is 0 Å². The van der Waals surface area contributed by atoms with Gasteiger partial charge in [-0.05, 0) is 41.5 Å². The Bertz CT molecular complexity index is 856. The lowest BCUT2D eigenvalue weighted by Crippen LogP contribution is -2.36. The summed E-state index contributed by atoms with van der Waals surface area (Å²) >= 11 is 0. The van der Waals surface area contributed by atoms with Crippen molar-refractivity contribution in [3.63, 3.8) is 0 Å². The zero-order chi connectivity index (χ0) is 19.9. The molecule has 5 nitrogen and oxygen atoms in total. The second-order valence-electron chi connectivity index (χ2n) is 7.39. The van der Waals surface area contributed by atoms with E-state index in [0.717, 1.165) is 24.1 Å². The monoisotopic (exact) mass is 377 g/mol. The third-order valence-corrected chi connectivity index (χ3v) is 4.98. The third kappa shape index (κ3) is 5.06. The molecule has 2 amide bonds. The van der Waals surface area contributed by atoms with Crippen LogP contribution in [0.25, 0.3) is 0 Å². The fourth-order valence-electron chi connectivity index (χ4n) is 3.35. The van der Waals surface area contributed by atoms with Gasteiger partial charge in [-0.3, -0.25) is 9.59 Å². The SMILES string of the molecule is CC(C)c1ccc(C=NNC(=O)CCC(=O)N2CCCc3ccccc32)cc1. The summed E-state index contributed by atoms with van der Waals surface area (Å²) in [5.74, 6) is 0.208. The summed E-state index contributed by atoms with van der Waals surface area (Å²) in [6, 6.07) is 16.0. The molecule has 146 valence electrons. The van der Waals surface area contributed by atoms with E-state index in [2.05, 4.69) is 42.6 Å². The summed E-state index contributed by atoms with van der Waals surface area (Å²) in [6.07, 6.45) is 3.87. The average Bonchev–Trinajstić information content (AvgIpc) is 2.72. The van der Waals surface area contributed by atoms with Crippen LogP contribution < -0.4 is 10.3 Å². The summed E-state index contributed by atoms with van der Waals surface area (Å²) in [7, 11) is 0. The standard InChI is InChI=1S/C23H27N3O2/c1-17(2)19-11-9-18(10-12-19)16-24-25-22(27)13-14-23(28)26-15-5-7-20-6-3-4-8-21(20)26/h3-4,6,8-12,16-17H,5,7,13-15H2,1-2H3,(H,25,27). The van der Waals surface area contributed by atoms with Crippen LogP contribution in [0.15, 0.2) is 53.6 Å². The highest BCUT2D eigenvalue weighted by atomic mass is 16.2. The molecular formula is C23H27N3O2. The van der Waals surface area contributed by atoms with E-state index in [-0.39, 0.29) is 24.7 Å². The highest BCUT2D eigenvalue weighted by Gasteiger charge is 2.22. The van der Waals surface area contributed by atoms with Gasteiger partial charge in [0.15, 0.2) is 0 Å². The maximum atomic E-state index is 12.6. The molecule has 3 rings (SSSR count). The van der Waals surface area contributed by atoms with E-state index in [0.29, 0.717) is 12.5 Å². The van der Waals surface area contributed by atoms with Crippen LogP contribution in [0.3, 0.4) is 0 Å². The number of hydrogen-bond donors (Lipinski definition) is 1. The lowest BCUT2D eigenvalue weighted by molar-refractivity contribution is -0.125. The van der Waals surface area contributed by atoms with Crippen molar-refractivity contribution in [2.45, 2.75) is 45.4 Å². The molecule has 1 aliphatic rings. The Morgan fingerprint density at radius 1 is 1.11 bits per heavy atom. The highest BCUT2D eigenvalue weighted by molar-refractivity contribution is 5.96. The second-order valence-corrected chi connectivity index (χ2v) is 7.39. The lowest BCUT2D eigenvalue weighted by Gasteiger charge is -2.29. The number of rotatable bonds is 6. The molecule has 0 spiro atoms. The molecule has 2 aromatic carbocycles. The summed E-state index contributed by atoms with van der Waals surface area (Å²) in [4.78, 5) is 26.4. The van der Waals surface area contributed by atoms with E-state index < -0.39 is 0 Å². The zero-order valence-electron chi connectivity index (χ0n) is 16.5. The first-order valence-electron chi connectivity index (χ1n) is 9.84. The number of carbonyl (C=O) groups excluding carboxylic acids is 2. The van der Waals surface area contributed by atoms with Crippen LogP contribution in [-0.2, 0) is 16.0 Å². The highest BCUT2D eigenvalue weighted by Crippen LogP contribution is 2.27. The minimum atomic E-state index is -0.256. The van der Waals surface area contributed by atoms with Crippen LogP contribution in [-0.4, -0.2) is 24.6 Å². The van der Waals surface area contributed by atoms with Gasteiger partial charge in [-0.25, -0.2) is 5.43 Å². The van der Waals surface area contributed by atoms with Crippen molar-refractivity contribution in [1.29, 1.82) is 0 Å². The second kappa shape index (κ2) is 9.31. The van der Waals surface area contributed by atoms with Crippen molar-refractivity contribution in [3.8, 4) is 0 Å². The zero-order valence-corrected chi connectivity index (χ0v) is 16.5. The molecule has 0 radical (unpaired) electrons. The van der Waals surface area contributed by atoms with Crippen molar-refractivity contribution in [3.05, 3.63) is 65.2 Å². The maximum Gasteiger partial charge on any atom is 0.240 e. The molecular weight excluding hydrogens is 350 g/mol. The Balaban J connectivity index is 1.47. The van der Waals surface area contributed by atoms with E-state index in [1.807, 2.05) is 30.3 Å². The lowest BCUT2D eigenvalue weighted by atomic mass is 10.0. The Labute approximate surface area is 166 Å². The molecule has 5 heteroatoms. The van der Waals surface area contributed by atoms with Gasteiger partial charge in [0.1, 0.15) is 0 Å². The first kappa shape index (κ1) is 19.8. The van der Waals surface area contributed by atoms with E-state index in [1.165, 1.54) is 11.1 Å². The fraction of sp³-hybridized carbons (Fsp3) is 0.348. The Hall–Kier alpha value is -2.95. The number of hydrazone groups is 1. The van der Waals surface area contributed by atoms with E-state index >= 15 is 0 Å². The van der Waals surface area contributed by atoms with Gasteiger partial charge < -0.3 is 4.90 Å². The summed E-state index contributed by atoms with van der Waals surface area (Å²) in [5.41, 5.74) is 6.86. The Kier molecular flexibility index (Phi) is 6.58. The number of nitrogens with one attached hydrogen (secondary N) is 1. The number of para-hydroxylation sites is 1. The van der Waals surface area contributed by atoms with Crippen molar-refractivity contribution >= 4 is 23.7 Å². The van der Waals surface area contributed by atoms with Gasteiger partial charge in [0, 0.05) is 25.1 Å². The quantitative estimate of drug-likeness (QED) is 0.610. The van der Waals surface area contributed by atoms with Crippen LogP contribution >= 0.6 is 0 Å². The smallest absolute Gasteiger partial charge is 0.240 e. The number of nitrogens with zero attached hydrogens (tertiary/aromatic N) is 2. The predicted octanol–water partition coefficient (Wildman–Crippen LogP) is 4.02. The molecule has 0 fully saturated rings. The average molecular weight is 377 g/mol. The molecule has 0 bridgehead atoms. The molecule has 0 aliphatic carbocycles. The Morgan fingerprint density at radius 3 is 2.61 bits per heavy atom. The van der Waals surface area contributed by atoms with Crippen molar-refractivity contribution in [1.82, 2.24) is 5.43 Å². The molecule has 0 saturated heterocycles. The first-order chi connectivity index (χ1) is 13.5. The molecule has 0 aromatic heterocycles. The maximum absolute atomic E-state index is 12.6. The minimum Gasteiger partial charge on any atom is -0.312 e. The van der Waals surface area contributed by atoms with E-state index in [4.69, 9.17) is 0 Å². The Morgan fingerprint density at radius 2 is 1.86 bits per heavy atom. The van der Waals surface area contributed by atoms with Crippen LogP contribution in [0.2, 0.25) is 0 Å². The van der Waals surface area contributed by atoms with Gasteiger partial charge in [0.25, 0.3) is 0 Å². The van der Waals surface area contributed by atoms with Gasteiger partial charge in [0.05, 0.1) is 6.21 Å². The van der Waals surface area contributed by atoms with Crippen molar-refractivity contribution in [2.75, 3.05) is 11.4 Å². The number of amides is 2. The van der Waals surface area contributed by atoms with Crippen LogP contribution in [0.4, 0.5) is 5.69 Å². The van der Waals surface area contributed by atoms with Gasteiger partial charge in [-0.2, -0.15) is 5.10 Å². The largest absolute Gasteiger partial charge is 0.312 e. The van der Waals surface area contributed by atoms with E-state index in [1.54, 1.807) is 11.1 Å². The number of aryl methyl sites for hydroxylation is 1. The number of fused-ring (bicyclic) bond motifs is 1. The summed E-state index contributed by atoms with van der Waals surface area (Å²) < 4.78 is 0. The first-order valence-corrected chi connectivity index (χ1v) is 9.84. The van der Waals surface area contributed by atoms with Crippen LogP contribution in [0.1, 0.15) is 55.7 Å². The van der Waals surface area contributed by atoms with Crippen molar-refractivity contribution in [2.24, 2.45) is 5.10 Å². The molecule has 2 aromatic rings. The predicted molar refractivity (Wildman–Crippen MR) is 113 cm³/mol. The molecule has 1 N–H and O–H groups in total. The molecule has 28 heavy (non-hydrogen) atoms. The number of hydrogen-bond acceptors (Lipinski definition) is 3. The van der Waals surface area contributed by atoms with Gasteiger partial charge in [0.2, 0.25) is 11.8 Å². The van der Waals surface area contributed by atoms with Gasteiger partial charge in [-0.1, -0.05) is 56.3 Å².